The van der Waals surface area contributed by atoms with Crippen LogP contribution in [-0.2, 0) is 11.2 Å². The molecule has 2 fully saturated rings. The van der Waals surface area contributed by atoms with Crippen LogP contribution >= 0.6 is 0 Å². The van der Waals surface area contributed by atoms with E-state index in [1.54, 1.807) is 36.4 Å². The highest BCUT2D eigenvalue weighted by Gasteiger charge is 2.54. The van der Waals surface area contributed by atoms with Crippen LogP contribution in [0, 0.1) is 28.9 Å². The first-order valence-corrected chi connectivity index (χ1v) is 12.3. The number of rotatable bonds is 2. The topological polar surface area (TPSA) is 37.3 Å². The highest BCUT2D eigenvalue weighted by atomic mass is 19.1. The molecule has 0 amide bonds. The zero-order valence-electron chi connectivity index (χ0n) is 19.3. The van der Waals surface area contributed by atoms with Gasteiger partial charge < -0.3 is 5.11 Å². The van der Waals surface area contributed by atoms with Crippen LogP contribution in [0.3, 0.4) is 0 Å². The summed E-state index contributed by atoms with van der Waals surface area (Å²) in [5, 5.41) is 11.4. The zero-order chi connectivity index (χ0) is 23.6. The molecule has 3 aromatic rings. The van der Waals surface area contributed by atoms with E-state index in [-0.39, 0.29) is 17.1 Å². The Balaban J connectivity index is 1.58. The van der Waals surface area contributed by atoms with E-state index in [2.05, 4.69) is 6.92 Å². The van der Waals surface area contributed by atoms with Crippen molar-refractivity contribution >= 4 is 5.78 Å². The summed E-state index contributed by atoms with van der Waals surface area (Å²) in [4.78, 5) is 12.7. The maximum absolute atomic E-state index is 15.0. The number of hydrogen-bond acceptors (Lipinski definition) is 2. The molecular formula is C30H28F2O2. The third-order valence-corrected chi connectivity index (χ3v) is 9.02. The van der Waals surface area contributed by atoms with E-state index in [0.717, 1.165) is 36.8 Å². The van der Waals surface area contributed by atoms with Gasteiger partial charge in [0, 0.05) is 34.1 Å². The number of Topliss-reactive ketones (excluding diaryl/α,β-unsaturated/α-hetero) is 1. The molecule has 0 radical (unpaired) electrons. The Kier molecular flexibility index (Phi) is 4.91. The summed E-state index contributed by atoms with van der Waals surface area (Å²) >= 11 is 0. The fourth-order valence-electron chi connectivity index (χ4n) is 7.33. The lowest BCUT2D eigenvalue weighted by molar-refractivity contribution is -0.129. The van der Waals surface area contributed by atoms with Crippen molar-refractivity contribution < 1.29 is 18.7 Å². The van der Waals surface area contributed by atoms with Gasteiger partial charge in [-0.2, -0.15) is 0 Å². The molecule has 4 heteroatoms. The quantitative estimate of drug-likeness (QED) is 0.434. The lowest BCUT2D eigenvalue weighted by Crippen LogP contribution is -2.42. The largest absolute Gasteiger partial charge is 0.507 e. The number of carbonyl (C=O) groups excluding carboxylic acids is 1. The first-order valence-electron chi connectivity index (χ1n) is 12.3. The van der Waals surface area contributed by atoms with E-state index in [0.29, 0.717) is 52.7 Å². The lowest BCUT2D eigenvalue weighted by Gasteiger charge is -2.48. The molecule has 1 N–H and O–H groups in total. The molecule has 0 aliphatic heterocycles. The molecule has 0 bridgehead atoms. The van der Waals surface area contributed by atoms with Gasteiger partial charge in [-0.15, -0.1) is 0 Å². The number of benzene rings is 3. The van der Waals surface area contributed by atoms with E-state index in [1.165, 1.54) is 12.1 Å². The second kappa shape index (κ2) is 7.76. The second-order valence-electron chi connectivity index (χ2n) is 10.5. The number of ketones is 1. The van der Waals surface area contributed by atoms with E-state index < -0.39 is 11.6 Å². The van der Waals surface area contributed by atoms with Crippen LogP contribution in [0.1, 0.15) is 56.1 Å². The minimum atomic E-state index is -0.415. The van der Waals surface area contributed by atoms with Gasteiger partial charge in [-0.05, 0) is 79.2 Å². The predicted molar refractivity (Wildman–Crippen MR) is 129 cm³/mol. The van der Waals surface area contributed by atoms with Crippen LogP contribution in [0.4, 0.5) is 8.78 Å². The van der Waals surface area contributed by atoms with E-state index in [9.17, 15) is 14.3 Å². The summed E-state index contributed by atoms with van der Waals surface area (Å²) in [6, 6.07) is 14.9. The third-order valence-electron chi connectivity index (χ3n) is 9.02. The summed E-state index contributed by atoms with van der Waals surface area (Å²) in [6.45, 7) is 2.14. The minimum Gasteiger partial charge on any atom is -0.507 e. The molecule has 0 heterocycles. The average molecular weight is 459 g/mol. The monoisotopic (exact) mass is 458 g/mol. The standard InChI is InChI=1S/C30H28F2O2/c1-30-15-14-17-18(24(30)12-13-27(30)33)10-11-20-22(17)16-23(19-6-2-4-8-25(19)31)29(34)28(20)21-7-3-5-9-26(21)32/h2-9,16-18,24,34H,10-15H2,1H3/t17-,18+,24-,30-/m0/s1. The fourth-order valence-corrected chi connectivity index (χ4v) is 7.33. The van der Waals surface area contributed by atoms with Crippen LogP contribution in [0.5, 0.6) is 5.75 Å². The maximum Gasteiger partial charge on any atom is 0.139 e. The smallest absolute Gasteiger partial charge is 0.139 e. The van der Waals surface area contributed by atoms with Crippen molar-refractivity contribution in [2.75, 3.05) is 0 Å². The molecule has 0 saturated heterocycles. The Hall–Kier alpha value is -3.01. The van der Waals surface area contributed by atoms with Gasteiger partial charge in [0.1, 0.15) is 23.2 Å². The third kappa shape index (κ3) is 3.00. The number of fused-ring (bicyclic) bond motifs is 5. The predicted octanol–water partition coefficient (Wildman–Crippen LogP) is 7.43. The van der Waals surface area contributed by atoms with Gasteiger partial charge >= 0.3 is 0 Å². The molecule has 4 atom stereocenters. The Morgan fingerprint density at radius 1 is 0.882 bits per heavy atom. The minimum absolute atomic E-state index is 0.0657. The van der Waals surface area contributed by atoms with Crippen molar-refractivity contribution in [3.63, 3.8) is 0 Å². The summed E-state index contributed by atoms with van der Waals surface area (Å²) < 4.78 is 29.9. The van der Waals surface area contributed by atoms with Crippen molar-refractivity contribution in [2.45, 2.75) is 51.4 Å². The Morgan fingerprint density at radius 3 is 2.26 bits per heavy atom. The van der Waals surface area contributed by atoms with E-state index in [4.69, 9.17) is 0 Å². The number of aromatic hydroxyl groups is 1. The number of phenolic OH excluding ortho intramolecular Hbond substituents is 1. The second-order valence-corrected chi connectivity index (χ2v) is 10.5. The normalized spacial score (nSPS) is 27.7. The molecule has 0 spiro atoms. The molecule has 3 aromatic carbocycles. The molecule has 34 heavy (non-hydrogen) atoms. The van der Waals surface area contributed by atoms with Crippen molar-refractivity contribution in [1.82, 2.24) is 0 Å². The summed E-state index contributed by atoms with van der Waals surface area (Å²) in [5.74, 6) is 0.478. The van der Waals surface area contributed by atoms with Crippen molar-refractivity contribution in [3.05, 3.63) is 77.4 Å². The van der Waals surface area contributed by atoms with Gasteiger partial charge in [-0.25, -0.2) is 8.78 Å². The van der Waals surface area contributed by atoms with Crippen molar-refractivity contribution in [2.24, 2.45) is 17.3 Å². The average Bonchev–Trinajstić information content (AvgIpc) is 3.14. The Morgan fingerprint density at radius 2 is 1.56 bits per heavy atom. The van der Waals surface area contributed by atoms with Crippen molar-refractivity contribution in [1.29, 1.82) is 0 Å². The highest BCUT2D eigenvalue weighted by molar-refractivity contribution is 5.88. The molecule has 2 saturated carbocycles. The molecule has 174 valence electrons. The number of hydrogen-bond donors (Lipinski definition) is 1. The summed E-state index contributed by atoms with van der Waals surface area (Å²) in [6.07, 6.45) is 4.96. The Bertz CT molecular complexity index is 1310. The van der Waals surface area contributed by atoms with Gasteiger partial charge in [0.15, 0.2) is 0 Å². The molecule has 3 aliphatic rings. The molecule has 2 nitrogen and oxygen atoms in total. The van der Waals surface area contributed by atoms with Crippen molar-refractivity contribution in [3.8, 4) is 28.0 Å². The summed E-state index contributed by atoms with van der Waals surface area (Å²) in [5.41, 5.74) is 3.39. The van der Waals surface area contributed by atoms with Crippen LogP contribution in [0.2, 0.25) is 0 Å². The first-order chi connectivity index (χ1) is 16.4. The molecule has 3 aliphatic carbocycles. The zero-order valence-corrected chi connectivity index (χ0v) is 19.3. The van der Waals surface area contributed by atoms with Gasteiger partial charge in [0.05, 0.1) is 0 Å². The Labute approximate surface area is 198 Å². The van der Waals surface area contributed by atoms with Crippen LogP contribution in [0.25, 0.3) is 22.3 Å². The van der Waals surface area contributed by atoms with Crippen LogP contribution < -0.4 is 0 Å². The summed E-state index contributed by atoms with van der Waals surface area (Å²) in [7, 11) is 0. The SMILES string of the molecule is C[C@]12CC[C@@H]3c4cc(-c5ccccc5F)c(O)c(-c5ccccc5F)c4CC[C@H]3[C@@H]1CCC2=O. The van der Waals surface area contributed by atoms with Gasteiger partial charge in [0.25, 0.3) is 0 Å². The van der Waals surface area contributed by atoms with Gasteiger partial charge in [0.2, 0.25) is 0 Å². The van der Waals surface area contributed by atoms with Crippen LogP contribution in [0.15, 0.2) is 54.6 Å². The van der Waals surface area contributed by atoms with E-state index >= 15 is 4.39 Å². The number of phenols is 1. The molecule has 0 unspecified atom stereocenters. The van der Waals surface area contributed by atoms with Crippen LogP contribution in [-0.4, -0.2) is 10.9 Å². The van der Waals surface area contributed by atoms with Gasteiger partial charge in [-0.1, -0.05) is 43.3 Å². The van der Waals surface area contributed by atoms with E-state index in [1.807, 2.05) is 6.07 Å². The number of halogens is 2. The lowest BCUT2D eigenvalue weighted by atomic mass is 9.55. The first kappa shape index (κ1) is 21.5. The molecule has 6 rings (SSSR count). The molecule has 0 aromatic heterocycles. The highest BCUT2D eigenvalue weighted by Crippen LogP contribution is 2.61. The number of carbonyl (C=O) groups is 1. The van der Waals surface area contributed by atoms with Gasteiger partial charge in [-0.3, -0.25) is 4.79 Å². The molecular weight excluding hydrogens is 430 g/mol. The fraction of sp³-hybridized carbons (Fsp3) is 0.367. The maximum atomic E-state index is 15.0.